The van der Waals surface area contributed by atoms with E-state index in [4.69, 9.17) is 27.9 Å². The molecule has 0 bridgehead atoms. The van der Waals surface area contributed by atoms with Crippen LogP contribution >= 0.6 is 23.2 Å². The summed E-state index contributed by atoms with van der Waals surface area (Å²) in [5.41, 5.74) is -1.04. The average molecular weight is 309 g/mol. The first-order chi connectivity index (χ1) is 8.88. The summed E-state index contributed by atoms with van der Waals surface area (Å²) >= 11 is 11.3. The lowest BCUT2D eigenvalue weighted by atomic mass is 10.2. The van der Waals surface area contributed by atoms with Gasteiger partial charge in [-0.2, -0.15) is 13.2 Å². The SMILES string of the molecule is FC(F)(F)c1cc(Oc2ncccn2)c(Cl)cc1Cl. The molecule has 1 aromatic carbocycles. The number of alkyl halides is 3. The van der Waals surface area contributed by atoms with Gasteiger partial charge in [-0.25, -0.2) is 9.97 Å². The molecule has 1 heterocycles. The molecule has 100 valence electrons. The third-order valence-electron chi connectivity index (χ3n) is 2.07. The Morgan fingerprint density at radius 1 is 1.00 bits per heavy atom. The van der Waals surface area contributed by atoms with Crippen LogP contribution in [0.1, 0.15) is 5.56 Å². The molecular weight excluding hydrogens is 304 g/mol. The van der Waals surface area contributed by atoms with Crippen LogP contribution < -0.4 is 4.74 Å². The van der Waals surface area contributed by atoms with E-state index in [9.17, 15) is 13.2 Å². The van der Waals surface area contributed by atoms with Gasteiger partial charge in [0, 0.05) is 12.4 Å². The Balaban J connectivity index is 2.41. The lowest BCUT2D eigenvalue weighted by Gasteiger charge is -2.12. The minimum Gasteiger partial charge on any atom is -0.423 e. The quantitative estimate of drug-likeness (QED) is 0.813. The second-order valence-corrected chi connectivity index (χ2v) is 4.21. The van der Waals surface area contributed by atoms with Gasteiger partial charge in [-0.15, -0.1) is 0 Å². The Labute approximate surface area is 116 Å². The van der Waals surface area contributed by atoms with Crippen molar-refractivity contribution in [2.24, 2.45) is 0 Å². The number of nitrogens with zero attached hydrogens (tertiary/aromatic N) is 2. The van der Waals surface area contributed by atoms with E-state index in [2.05, 4.69) is 9.97 Å². The topological polar surface area (TPSA) is 35.0 Å². The van der Waals surface area contributed by atoms with E-state index >= 15 is 0 Å². The summed E-state index contributed by atoms with van der Waals surface area (Å²) in [5.74, 6) is -0.218. The number of benzene rings is 1. The highest BCUT2D eigenvalue weighted by Gasteiger charge is 2.34. The van der Waals surface area contributed by atoms with Crippen molar-refractivity contribution in [1.29, 1.82) is 0 Å². The normalized spacial score (nSPS) is 11.4. The molecule has 1 aromatic heterocycles. The molecule has 0 atom stereocenters. The molecule has 0 unspecified atom stereocenters. The molecule has 0 aliphatic heterocycles. The molecule has 0 aliphatic rings. The van der Waals surface area contributed by atoms with Crippen LogP contribution in [0.2, 0.25) is 10.0 Å². The lowest BCUT2D eigenvalue weighted by molar-refractivity contribution is -0.137. The highest BCUT2D eigenvalue weighted by atomic mass is 35.5. The molecule has 0 saturated heterocycles. The van der Waals surface area contributed by atoms with Gasteiger partial charge in [-0.3, -0.25) is 0 Å². The van der Waals surface area contributed by atoms with Crippen LogP contribution in [0, 0.1) is 0 Å². The third-order valence-corrected chi connectivity index (χ3v) is 2.68. The van der Waals surface area contributed by atoms with Crippen LogP contribution in [0.25, 0.3) is 0 Å². The van der Waals surface area contributed by atoms with Crippen LogP contribution in [0.3, 0.4) is 0 Å². The fraction of sp³-hybridized carbons (Fsp3) is 0.0909. The first kappa shape index (κ1) is 13.9. The molecule has 3 nitrogen and oxygen atoms in total. The molecular formula is C11H5Cl2F3N2O. The van der Waals surface area contributed by atoms with Gasteiger partial charge in [0.2, 0.25) is 0 Å². The van der Waals surface area contributed by atoms with Crippen LogP contribution in [0.15, 0.2) is 30.6 Å². The highest BCUT2D eigenvalue weighted by molar-refractivity contribution is 6.36. The van der Waals surface area contributed by atoms with E-state index in [0.29, 0.717) is 6.07 Å². The van der Waals surface area contributed by atoms with Crippen molar-refractivity contribution in [2.75, 3.05) is 0 Å². The summed E-state index contributed by atoms with van der Waals surface area (Å²) in [6, 6.07) is 3.10. The number of hydrogen-bond donors (Lipinski definition) is 0. The fourth-order valence-corrected chi connectivity index (χ4v) is 1.79. The van der Waals surface area contributed by atoms with Gasteiger partial charge < -0.3 is 4.74 Å². The van der Waals surface area contributed by atoms with Crippen molar-refractivity contribution < 1.29 is 17.9 Å². The summed E-state index contributed by atoms with van der Waals surface area (Å²) in [4.78, 5) is 7.45. The van der Waals surface area contributed by atoms with Gasteiger partial charge in [-0.1, -0.05) is 23.2 Å². The van der Waals surface area contributed by atoms with Gasteiger partial charge in [0.15, 0.2) is 0 Å². The predicted molar refractivity (Wildman–Crippen MR) is 63.6 cm³/mol. The zero-order valence-electron chi connectivity index (χ0n) is 9.08. The zero-order chi connectivity index (χ0) is 14.0. The molecule has 0 amide bonds. The molecule has 0 radical (unpaired) electrons. The molecule has 2 aromatic rings. The summed E-state index contributed by atoms with van der Waals surface area (Å²) in [5, 5.41) is -0.565. The molecule has 0 fully saturated rings. The molecule has 19 heavy (non-hydrogen) atoms. The van der Waals surface area contributed by atoms with Crippen molar-refractivity contribution in [3.63, 3.8) is 0 Å². The smallest absolute Gasteiger partial charge is 0.417 e. The monoisotopic (exact) mass is 308 g/mol. The van der Waals surface area contributed by atoms with Crippen molar-refractivity contribution in [3.8, 4) is 11.8 Å². The number of rotatable bonds is 2. The average Bonchev–Trinajstić information content (AvgIpc) is 2.32. The van der Waals surface area contributed by atoms with E-state index in [0.717, 1.165) is 6.07 Å². The van der Waals surface area contributed by atoms with Gasteiger partial charge in [0.05, 0.1) is 15.6 Å². The largest absolute Gasteiger partial charge is 0.423 e. The van der Waals surface area contributed by atoms with E-state index in [1.807, 2.05) is 0 Å². The van der Waals surface area contributed by atoms with Gasteiger partial charge in [0.1, 0.15) is 5.75 Å². The second kappa shape index (κ2) is 5.22. The predicted octanol–water partition coefficient (Wildman–Crippen LogP) is 4.59. The van der Waals surface area contributed by atoms with Crippen molar-refractivity contribution in [3.05, 3.63) is 46.2 Å². The maximum Gasteiger partial charge on any atom is 0.417 e. The summed E-state index contributed by atoms with van der Waals surface area (Å²) in [7, 11) is 0. The van der Waals surface area contributed by atoms with E-state index < -0.39 is 16.8 Å². The van der Waals surface area contributed by atoms with Crippen molar-refractivity contribution in [2.45, 2.75) is 6.18 Å². The van der Waals surface area contributed by atoms with Crippen LogP contribution in [-0.4, -0.2) is 9.97 Å². The standard InChI is InChI=1S/C11H5Cl2F3N2O/c12-7-5-8(13)9(4-6(7)11(14,15)16)19-10-17-2-1-3-18-10/h1-5H. The Morgan fingerprint density at radius 3 is 2.21 bits per heavy atom. The van der Waals surface area contributed by atoms with E-state index in [1.165, 1.54) is 18.5 Å². The van der Waals surface area contributed by atoms with E-state index in [1.54, 1.807) is 0 Å². The van der Waals surface area contributed by atoms with Gasteiger partial charge in [-0.05, 0) is 18.2 Å². The van der Waals surface area contributed by atoms with Gasteiger partial charge >= 0.3 is 12.2 Å². The Hall–Kier alpha value is -1.53. The Morgan fingerprint density at radius 2 is 1.63 bits per heavy atom. The summed E-state index contributed by atoms with van der Waals surface area (Å²) in [6.45, 7) is 0. The maximum atomic E-state index is 12.7. The number of hydrogen-bond acceptors (Lipinski definition) is 3. The number of ether oxygens (including phenoxy) is 1. The number of aromatic nitrogens is 2. The van der Waals surface area contributed by atoms with Crippen molar-refractivity contribution >= 4 is 23.2 Å². The fourth-order valence-electron chi connectivity index (χ4n) is 1.26. The number of halogens is 5. The Bertz CT molecular complexity index is 590. The molecule has 2 rings (SSSR count). The van der Waals surface area contributed by atoms with E-state index in [-0.39, 0.29) is 16.8 Å². The molecule has 8 heteroatoms. The van der Waals surface area contributed by atoms with Gasteiger partial charge in [0.25, 0.3) is 0 Å². The molecule has 0 aliphatic carbocycles. The van der Waals surface area contributed by atoms with Crippen LogP contribution in [0.4, 0.5) is 13.2 Å². The lowest BCUT2D eigenvalue weighted by Crippen LogP contribution is -2.06. The van der Waals surface area contributed by atoms with Crippen molar-refractivity contribution in [1.82, 2.24) is 9.97 Å². The molecule has 0 N–H and O–H groups in total. The maximum absolute atomic E-state index is 12.7. The minimum absolute atomic E-state index is 0.0644. The second-order valence-electron chi connectivity index (χ2n) is 3.39. The first-order valence-corrected chi connectivity index (χ1v) is 5.64. The highest BCUT2D eigenvalue weighted by Crippen LogP contribution is 2.40. The third kappa shape index (κ3) is 3.27. The first-order valence-electron chi connectivity index (χ1n) is 4.89. The Kier molecular flexibility index (Phi) is 3.82. The molecule has 0 spiro atoms. The summed E-state index contributed by atoms with van der Waals surface area (Å²) < 4.78 is 43.1. The zero-order valence-corrected chi connectivity index (χ0v) is 10.6. The summed E-state index contributed by atoms with van der Waals surface area (Å²) in [6.07, 6.45) is -1.83. The molecule has 0 saturated carbocycles. The van der Waals surface area contributed by atoms with Crippen LogP contribution in [0.5, 0.6) is 11.8 Å². The van der Waals surface area contributed by atoms with Crippen LogP contribution in [-0.2, 0) is 6.18 Å². The minimum atomic E-state index is -4.60.